The Morgan fingerprint density at radius 3 is 2.93 bits per heavy atom. The zero-order valence-electron chi connectivity index (χ0n) is 9.56. The number of hydrogen-bond donors (Lipinski definition) is 1. The van der Waals surface area contributed by atoms with Gasteiger partial charge >= 0.3 is 0 Å². The maximum Gasteiger partial charge on any atom is 0.0914 e. The van der Waals surface area contributed by atoms with Crippen LogP contribution in [0.2, 0.25) is 0 Å². The third-order valence-electron chi connectivity index (χ3n) is 2.47. The van der Waals surface area contributed by atoms with Gasteiger partial charge in [0.05, 0.1) is 29.7 Å². The van der Waals surface area contributed by atoms with Crippen molar-refractivity contribution in [2.45, 2.75) is 26.3 Å². The Morgan fingerprint density at radius 1 is 1.60 bits per heavy atom. The first-order chi connectivity index (χ1) is 7.29. The molecule has 1 heterocycles. The molecule has 0 bridgehead atoms. The highest BCUT2D eigenvalue weighted by molar-refractivity contribution is 6.99. The number of hydrogen-bond acceptors (Lipinski definition) is 5. The van der Waals surface area contributed by atoms with E-state index in [1.54, 1.807) is 7.11 Å². The number of aromatic nitrogens is 2. The quantitative estimate of drug-likeness (QED) is 0.775. The first-order valence-corrected chi connectivity index (χ1v) is 6.02. The highest BCUT2D eigenvalue weighted by atomic mass is 32.1. The largest absolute Gasteiger partial charge is 0.385 e. The van der Waals surface area contributed by atoms with Crippen molar-refractivity contribution in [3.05, 3.63) is 11.9 Å². The van der Waals surface area contributed by atoms with Crippen molar-refractivity contribution in [3.8, 4) is 0 Å². The molecular weight excluding hydrogens is 210 g/mol. The molecule has 0 amide bonds. The second-order valence-corrected chi connectivity index (χ2v) is 4.18. The molecule has 0 spiro atoms. The molecule has 0 aromatic carbocycles. The van der Waals surface area contributed by atoms with Crippen molar-refractivity contribution in [2.75, 3.05) is 20.3 Å². The van der Waals surface area contributed by atoms with Gasteiger partial charge in [-0.15, -0.1) is 0 Å². The normalized spacial score (nSPS) is 15.1. The van der Waals surface area contributed by atoms with Gasteiger partial charge in [-0.05, 0) is 18.9 Å². The maximum absolute atomic E-state index is 5.10. The summed E-state index contributed by atoms with van der Waals surface area (Å²) < 4.78 is 13.4. The van der Waals surface area contributed by atoms with E-state index in [1.165, 1.54) is 11.7 Å². The van der Waals surface area contributed by atoms with Crippen molar-refractivity contribution in [1.82, 2.24) is 14.1 Å². The van der Waals surface area contributed by atoms with Crippen molar-refractivity contribution < 1.29 is 4.74 Å². The lowest BCUT2D eigenvalue weighted by atomic mass is 9.96. The molecule has 0 aliphatic rings. The van der Waals surface area contributed by atoms with Crippen molar-refractivity contribution in [3.63, 3.8) is 0 Å². The van der Waals surface area contributed by atoms with Gasteiger partial charge in [0.25, 0.3) is 0 Å². The number of nitrogens with one attached hydrogen (secondary N) is 1. The fraction of sp³-hybridized carbons (Fsp3) is 0.800. The van der Waals surface area contributed by atoms with Gasteiger partial charge in [-0.2, -0.15) is 8.75 Å². The fourth-order valence-corrected chi connectivity index (χ4v) is 2.05. The van der Waals surface area contributed by atoms with Gasteiger partial charge in [0.2, 0.25) is 0 Å². The van der Waals surface area contributed by atoms with Gasteiger partial charge < -0.3 is 10.1 Å². The van der Waals surface area contributed by atoms with Crippen LogP contribution in [0.1, 0.15) is 32.0 Å². The van der Waals surface area contributed by atoms with Crippen LogP contribution >= 0.6 is 11.7 Å². The van der Waals surface area contributed by atoms with Gasteiger partial charge in [0, 0.05) is 13.7 Å². The van der Waals surface area contributed by atoms with Crippen LogP contribution in [-0.4, -0.2) is 29.0 Å². The van der Waals surface area contributed by atoms with Gasteiger partial charge in [-0.1, -0.05) is 13.8 Å². The second kappa shape index (κ2) is 6.87. The topological polar surface area (TPSA) is 47.0 Å². The van der Waals surface area contributed by atoms with Crippen molar-refractivity contribution in [2.24, 2.45) is 5.92 Å². The van der Waals surface area contributed by atoms with Crippen molar-refractivity contribution in [1.29, 1.82) is 0 Å². The second-order valence-electron chi connectivity index (χ2n) is 3.63. The lowest BCUT2D eigenvalue weighted by Gasteiger charge is -2.22. The van der Waals surface area contributed by atoms with E-state index < -0.39 is 0 Å². The molecule has 0 saturated carbocycles. The molecule has 2 unspecified atom stereocenters. The third-order valence-corrected chi connectivity index (χ3v) is 2.96. The summed E-state index contributed by atoms with van der Waals surface area (Å²) in [5.41, 5.74) is 1.05. The first-order valence-electron chi connectivity index (χ1n) is 5.29. The molecule has 0 aliphatic carbocycles. The Hall–Kier alpha value is -0.520. The molecule has 1 N–H and O–H groups in total. The molecule has 4 nitrogen and oxygen atoms in total. The van der Waals surface area contributed by atoms with E-state index in [0.29, 0.717) is 12.0 Å². The van der Waals surface area contributed by atoms with Crippen LogP contribution in [-0.2, 0) is 4.74 Å². The smallest absolute Gasteiger partial charge is 0.0914 e. The molecule has 0 fully saturated rings. The minimum absolute atomic E-state index is 0.295. The lowest BCUT2D eigenvalue weighted by Crippen LogP contribution is -2.27. The van der Waals surface area contributed by atoms with Gasteiger partial charge in [0.1, 0.15) is 0 Å². The molecule has 0 saturated heterocycles. The van der Waals surface area contributed by atoms with Gasteiger partial charge in [-0.3, -0.25) is 0 Å². The van der Waals surface area contributed by atoms with Crippen LogP contribution in [0, 0.1) is 5.92 Å². The van der Waals surface area contributed by atoms with Crippen LogP contribution in [0.5, 0.6) is 0 Å². The number of nitrogens with zero attached hydrogens (tertiary/aromatic N) is 2. The molecular formula is C10H19N3OS. The van der Waals surface area contributed by atoms with Crippen LogP contribution < -0.4 is 5.32 Å². The van der Waals surface area contributed by atoms with E-state index in [4.69, 9.17) is 4.74 Å². The van der Waals surface area contributed by atoms with E-state index in [-0.39, 0.29) is 0 Å². The van der Waals surface area contributed by atoms with E-state index in [1.807, 2.05) is 6.20 Å². The average molecular weight is 229 g/mol. The highest BCUT2D eigenvalue weighted by Gasteiger charge is 2.20. The molecule has 5 heteroatoms. The van der Waals surface area contributed by atoms with E-state index in [2.05, 4.69) is 27.9 Å². The summed E-state index contributed by atoms with van der Waals surface area (Å²) in [5, 5.41) is 3.44. The lowest BCUT2D eigenvalue weighted by molar-refractivity contribution is 0.170. The SMILES string of the molecule is CCNC(c1cnsn1)C(C)CCOC. The summed E-state index contributed by atoms with van der Waals surface area (Å²) in [7, 11) is 1.74. The molecule has 86 valence electrons. The summed E-state index contributed by atoms with van der Waals surface area (Å²) in [6.45, 7) is 6.06. The first kappa shape index (κ1) is 12.5. The predicted molar refractivity (Wildman–Crippen MR) is 62.0 cm³/mol. The molecule has 0 radical (unpaired) electrons. The summed E-state index contributed by atoms with van der Waals surface area (Å²) in [6, 6.07) is 0.295. The molecule has 1 aromatic rings. The van der Waals surface area contributed by atoms with Gasteiger partial charge in [-0.25, -0.2) is 0 Å². The van der Waals surface area contributed by atoms with E-state index in [9.17, 15) is 0 Å². The van der Waals surface area contributed by atoms with Crippen LogP contribution in [0.3, 0.4) is 0 Å². The minimum atomic E-state index is 0.295. The molecule has 1 rings (SSSR count). The minimum Gasteiger partial charge on any atom is -0.385 e. The third kappa shape index (κ3) is 3.85. The van der Waals surface area contributed by atoms with Crippen LogP contribution in [0.4, 0.5) is 0 Å². The average Bonchev–Trinajstić information content (AvgIpc) is 2.75. The zero-order valence-corrected chi connectivity index (χ0v) is 10.4. The summed E-state index contributed by atoms with van der Waals surface area (Å²) in [5.74, 6) is 0.508. The summed E-state index contributed by atoms with van der Waals surface area (Å²) >= 11 is 1.26. The molecule has 0 aliphatic heterocycles. The summed E-state index contributed by atoms with van der Waals surface area (Å²) in [4.78, 5) is 0. The van der Waals surface area contributed by atoms with Crippen LogP contribution in [0.15, 0.2) is 6.20 Å². The van der Waals surface area contributed by atoms with Crippen molar-refractivity contribution >= 4 is 11.7 Å². The molecule has 2 atom stereocenters. The number of ether oxygens (including phenoxy) is 1. The maximum atomic E-state index is 5.10. The summed E-state index contributed by atoms with van der Waals surface area (Å²) in [6.07, 6.45) is 2.88. The Bertz CT molecular complexity index is 253. The number of methoxy groups -OCH3 is 1. The van der Waals surface area contributed by atoms with E-state index >= 15 is 0 Å². The fourth-order valence-electron chi connectivity index (χ4n) is 1.60. The monoisotopic (exact) mass is 229 g/mol. The standard InChI is InChI=1S/C10H19N3OS/c1-4-11-10(8(2)5-6-14-3)9-7-12-15-13-9/h7-8,10-11H,4-6H2,1-3H3. The predicted octanol–water partition coefficient (Wildman–Crippen LogP) is 1.86. The zero-order chi connectivity index (χ0) is 11.1. The van der Waals surface area contributed by atoms with Gasteiger partial charge in [0.15, 0.2) is 0 Å². The highest BCUT2D eigenvalue weighted by Crippen LogP contribution is 2.23. The Kier molecular flexibility index (Phi) is 5.75. The van der Waals surface area contributed by atoms with Crippen LogP contribution in [0.25, 0.3) is 0 Å². The number of rotatable bonds is 7. The molecule has 1 aromatic heterocycles. The Balaban J connectivity index is 2.57. The Morgan fingerprint density at radius 2 is 2.40 bits per heavy atom. The molecule has 15 heavy (non-hydrogen) atoms. The van der Waals surface area contributed by atoms with E-state index in [0.717, 1.165) is 25.3 Å². The Labute approximate surface area is 95.4 Å².